The maximum absolute atomic E-state index is 12.2. The van der Waals surface area contributed by atoms with Gasteiger partial charge in [0.1, 0.15) is 0 Å². The van der Waals surface area contributed by atoms with E-state index in [9.17, 15) is 4.79 Å². The summed E-state index contributed by atoms with van der Waals surface area (Å²) in [5.41, 5.74) is 0. The lowest BCUT2D eigenvalue weighted by molar-refractivity contribution is -0.121. The number of rotatable bonds is 5. The molecule has 3 atom stereocenters. The summed E-state index contributed by atoms with van der Waals surface area (Å²) in [5, 5.41) is 11.6. The van der Waals surface area contributed by atoms with Gasteiger partial charge in [0.25, 0.3) is 0 Å². The number of hydrogen-bond donors (Lipinski definition) is 1. The minimum atomic E-state index is 0.142. The monoisotopic (exact) mass is 295 g/mol. The number of amides is 1. The van der Waals surface area contributed by atoms with Gasteiger partial charge in [-0.05, 0) is 31.1 Å². The molecule has 0 spiro atoms. The number of carbonyl (C=O) groups excluding carboxylic acids is 1. The van der Waals surface area contributed by atoms with Crippen LogP contribution in [0.5, 0.6) is 0 Å². The Bertz CT molecular complexity index is 488. The van der Waals surface area contributed by atoms with Crippen LogP contribution in [0.15, 0.2) is 17.0 Å². The zero-order chi connectivity index (χ0) is 13.2. The van der Waals surface area contributed by atoms with Crippen molar-refractivity contribution in [2.75, 3.05) is 11.1 Å². The molecule has 0 saturated heterocycles. The number of fused-ring (bicyclic) bond motifs is 2. The second kappa shape index (κ2) is 5.63. The number of anilines is 1. The molecule has 6 heteroatoms. The zero-order valence-electron chi connectivity index (χ0n) is 10.7. The Balaban J connectivity index is 1.57. The number of carbonyl (C=O) groups is 1. The maximum atomic E-state index is 12.2. The summed E-state index contributed by atoms with van der Waals surface area (Å²) in [4.78, 5) is 12.2. The minimum Gasteiger partial charge on any atom is -0.300 e. The van der Waals surface area contributed by atoms with Crippen LogP contribution >= 0.6 is 23.1 Å². The summed E-state index contributed by atoms with van der Waals surface area (Å²) >= 11 is 3.03. The van der Waals surface area contributed by atoms with E-state index >= 15 is 0 Å². The highest BCUT2D eigenvalue weighted by Crippen LogP contribution is 2.48. The first-order valence-corrected chi connectivity index (χ1v) is 8.44. The van der Waals surface area contributed by atoms with Crippen LogP contribution in [-0.4, -0.2) is 21.9 Å². The van der Waals surface area contributed by atoms with E-state index < -0.39 is 0 Å². The Morgan fingerprint density at radius 1 is 1.47 bits per heavy atom. The number of nitrogens with zero attached hydrogens (tertiary/aromatic N) is 2. The molecule has 1 aromatic heterocycles. The van der Waals surface area contributed by atoms with Crippen molar-refractivity contribution >= 4 is 34.1 Å². The second-order valence-electron chi connectivity index (χ2n) is 5.24. The summed E-state index contributed by atoms with van der Waals surface area (Å²) in [7, 11) is 0. The average molecular weight is 295 g/mol. The fourth-order valence-electron chi connectivity index (χ4n) is 3.21. The summed E-state index contributed by atoms with van der Waals surface area (Å²) in [6, 6.07) is 0. The van der Waals surface area contributed by atoms with E-state index in [-0.39, 0.29) is 11.8 Å². The Morgan fingerprint density at radius 3 is 3.05 bits per heavy atom. The fraction of sp³-hybridized carbons (Fsp3) is 0.615. The topological polar surface area (TPSA) is 54.9 Å². The van der Waals surface area contributed by atoms with Gasteiger partial charge in [0.05, 0.1) is 0 Å². The highest BCUT2D eigenvalue weighted by molar-refractivity contribution is 8.01. The molecule has 2 fully saturated rings. The average Bonchev–Trinajstić information content (AvgIpc) is 3.12. The highest BCUT2D eigenvalue weighted by atomic mass is 32.2. The Hall–Kier alpha value is -0.880. The van der Waals surface area contributed by atoms with Crippen LogP contribution in [0.2, 0.25) is 0 Å². The van der Waals surface area contributed by atoms with E-state index in [1.165, 1.54) is 30.6 Å². The molecule has 4 nitrogen and oxygen atoms in total. The van der Waals surface area contributed by atoms with Gasteiger partial charge in [-0.25, -0.2) is 0 Å². The summed E-state index contributed by atoms with van der Waals surface area (Å²) in [6.45, 7) is 3.67. The molecule has 2 aliphatic carbocycles. The Kier molecular flexibility index (Phi) is 3.88. The summed E-state index contributed by atoms with van der Waals surface area (Å²) in [6.07, 6.45) is 6.68. The van der Waals surface area contributed by atoms with Crippen LogP contribution in [0.3, 0.4) is 0 Å². The third kappa shape index (κ3) is 2.84. The van der Waals surface area contributed by atoms with E-state index in [0.717, 1.165) is 22.4 Å². The molecule has 3 rings (SSSR count). The minimum absolute atomic E-state index is 0.142. The van der Waals surface area contributed by atoms with Crippen LogP contribution in [0, 0.1) is 17.8 Å². The Morgan fingerprint density at radius 2 is 2.37 bits per heavy atom. The number of thioether (sulfide) groups is 1. The molecule has 0 aromatic carbocycles. The van der Waals surface area contributed by atoms with Gasteiger partial charge in [-0.15, -0.1) is 16.8 Å². The number of hydrogen-bond acceptors (Lipinski definition) is 5. The number of aromatic nitrogens is 2. The van der Waals surface area contributed by atoms with Gasteiger partial charge in [0.15, 0.2) is 4.34 Å². The predicted octanol–water partition coefficient (Wildman–Crippen LogP) is 3.19. The third-order valence-electron chi connectivity index (χ3n) is 4.04. The summed E-state index contributed by atoms with van der Waals surface area (Å²) in [5.74, 6) is 2.55. The largest absolute Gasteiger partial charge is 0.300 e. The van der Waals surface area contributed by atoms with Crippen molar-refractivity contribution in [3.8, 4) is 0 Å². The van der Waals surface area contributed by atoms with Crippen molar-refractivity contribution in [2.45, 2.75) is 30.0 Å². The molecule has 1 aromatic rings. The lowest BCUT2D eigenvalue weighted by atomic mass is 9.88. The van der Waals surface area contributed by atoms with Crippen molar-refractivity contribution in [1.82, 2.24) is 10.2 Å². The smallest absolute Gasteiger partial charge is 0.229 e. The molecule has 0 radical (unpaired) electrons. The predicted molar refractivity (Wildman–Crippen MR) is 78.4 cm³/mol. The zero-order valence-corrected chi connectivity index (χ0v) is 12.3. The summed E-state index contributed by atoms with van der Waals surface area (Å²) < 4.78 is 0.878. The van der Waals surface area contributed by atoms with E-state index in [1.54, 1.807) is 11.8 Å². The van der Waals surface area contributed by atoms with Crippen LogP contribution in [0.4, 0.5) is 5.13 Å². The second-order valence-corrected chi connectivity index (χ2v) is 7.49. The molecule has 19 heavy (non-hydrogen) atoms. The van der Waals surface area contributed by atoms with Crippen molar-refractivity contribution < 1.29 is 4.79 Å². The Labute approximate surface area is 121 Å². The van der Waals surface area contributed by atoms with Crippen LogP contribution in [-0.2, 0) is 4.79 Å². The molecule has 0 aliphatic heterocycles. The van der Waals surface area contributed by atoms with Gasteiger partial charge in [0, 0.05) is 11.7 Å². The van der Waals surface area contributed by atoms with Crippen molar-refractivity contribution in [3.63, 3.8) is 0 Å². The van der Waals surface area contributed by atoms with Crippen LogP contribution in [0.1, 0.15) is 25.7 Å². The van der Waals surface area contributed by atoms with E-state index in [1.807, 2.05) is 6.08 Å². The lowest BCUT2D eigenvalue weighted by Gasteiger charge is -2.19. The molecule has 1 heterocycles. The van der Waals surface area contributed by atoms with E-state index in [0.29, 0.717) is 11.0 Å². The van der Waals surface area contributed by atoms with Gasteiger partial charge in [-0.3, -0.25) is 4.79 Å². The van der Waals surface area contributed by atoms with Gasteiger partial charge < -0.3 is 5.32 Å². The SMILES string of the molecule is C=CCSc1nnc(NC(=O)[C@@H]2C[C@H]3CC[C@H]2C3)s1. The molecule has 1 amide bonds. The van der Waals surface area contributed by atoms with E-state index in [2.05, 4.69) is 22.1 Å². The van der Waals surface area contributed by atoms with Gasteiger partial charge >= 0.3 is 0 Å². The highest BCUT2D eigenvalue weighted by Gasteiger charge is 2.43. The standard InChI is InChI=1S/C13H17N3OS2/c1-2-5-18-13-16-15-12(19-13)14-11(17)10-7-8-3-4-9(10)6-8/h2,8-10H,1,3-7H2,(H,14,15,17)/t8-,9-,10+/m0/s1. The van der Waals surface area contributed by atoms with Crippen LogP contribution in [0.25, 0.3) is 0 Å². The third-order valence-corrected chi connectivity index (χ3v) is 6.00. The van der Waals surface area contributed by atoms with E-state index in [4.69, 9.17) is 0 Å². The van der Waals surface area contributed by atoms with Crippen molar-refractivity contribution in [3.05, 3.63) is 12.7 Å². The first kappa shape index (κ1) is 13.1. The first-order chi connectivity index (χ1) is 9.26. The molecule has 102 valence electrons. The maximum Gasteiger partial charge on any atom is 0.229 e. The molecule has 2 bridgehead atoms. The first-order valence-electron chi connectivity index (χ1n) is 6.64. The van der Waals surface area contributed by atoms with Gasteiger partial charge in [-0.1, -0.05) is 35.6 Å². The molecule has 1 N–H and O–H groups in total. The molecule has 0 unspecified atom stereocenters. The normalized spacial score (nSPS) is 28.5. The van der Waals surface area contributed by atoms with Crippen molar-refractivity contribution in [2.24, 2.45) is 17.8 Å². The quantitative estimate of drug-likeness (QED) is 0.515. The molecular formula is C13H17N3OS2. The van der Waals surface area contributed by atoms with Gasteiger partial charge in [-0.2, -0.15) is 0 Å². The lowest BCUT2D eigenvalue weighted by Crippen LogP contribution is -2.27. The fourth-order valence-corrected chi connectivity index (χ4v) is 4.73. The van der Waals surface area contributed by atoms with Gasteiger partial charge in [0.2, 0.25) is 11.0 Å². The molecule has 2 aliphatic rings. The number of nitrogens with one attached hydrogen (secondary N) is 1. The molecular weight excluding hydrogens is 278 g/mol. The van der Waals surface area contributed by atoms with Crippen molar-refractivity contribution in [1.29, 1.82) is 0 Å². The van der Waals surface area contributed by atoms with Crippen LogP contribution < -0.4 is 5.32 Å². The molecule has 2 saturated carbocycles.